The van der Waals surface area contributed by atoms with Crippen LogP contribution >= 0.6 is 0 Å². The first kappa shape index (κ1) is 18.4. The number of aromatic nitrogens is 2. The number of H-pyrrole nitrogens is 1. The third-order valence-corrected chi connectivity index (χ3v) is 5.23. The molecule has 140 valence electrons. The summed E-state index contributed by atoms with van der Waals surface area (Å²) in [6.45, 7) is 1.73. The number of benzene rings is 1. The van der Waals surface area contributed by atoms with Gasteiger partial charge in [-0.25, -0.2) is 13.4 Å². The van der Waals surface area contributed by atoms with E-state index in [0.717, 1.165) is 11.8 Å². The fraction of sp³-hybridized carbons (Fsp3) is 0.412. The van der Waals surface area contributed by atoms with Gasteiger partial charge in [-0.2, -0.15) is 0 Å². The fourth-order valence-electron chi connectivity index (χ4n) is 3.01. The molecule has 1 aromatic heterocycles. The molecule has 1 N–H and O–H groups in total. The lowest BCUT2D eigenvalue weighted by molar-refractivity contribution is 0.240. The number of rotatable bonds is 5. The van der Waals surface area contributed by atoms with Crippen LogP contribution in [0.2, 0.25) is 0 Å². The number of ether oxygens (including phenoxy) is 2. The quantitative estimate of drug-likeness (QED) is 0.765. The molecule has 0 aliphatic carbocycles. The van der Waals surface area contributed by atoms with E-state index >= 15 is 0 Å². The number of aromatic amines is 1. The molecule has 2 heterocycles. The van der Waals surface area contributed by atoms with Crippen molar-refractivity contribution in [1.29, 1.82) is 0 Å². The molecule has 2 aromatic rings. The molecular weight excluding hydrogens is 358 g/mol. The molecule has 0 spiro atoms. The Bertz CT molecular complexity index is 984. The van der Waals surface area contributed by atoms with Gasteiger partial charge in [0.25, 0.3) is 5.56 Å². The number of nitrogens with zero attached hydrogens (tertiary/aromatic N) is 2. The first-order valence-corrected chi connectivity index (χ1v) is 9.96. The zero-order valence-corrected chi connectivity index (χ0v) is 15.7. The summed E-state index contributed by atoms with van der Waals surface area (Å²) in [4.78, 5) is 20.9. The summed E-state index contributed by atoms with van der Waals surface area (Å²) in [5.41, 5.74) is 1.71. The molecule has 0 saturated heterocycles. The highest BCUT2D eigenvalue weighted by Crippen LogP contribution is 2.28. The van der Waals surface area contributed by atoms with Crippen molar-refractivity contribution < 1.29 is 17.9 Å². The normalized spacial score (nSPS) is 14.7. The van der Waals surface area contributed by atoms with Crippen LogP contribution in [0.3, 0.4) is 0 Å². The van der Waals surface area contributed by atoms with E-state index in [9.17, 15) is 13.2 Å². The smallest absolute Gasteiger partial charge is 0.256 e. The topological polar surface area (TPSA) is 102 Å². The Morgan fingerprint density at radius 3 is 2.62 bits per heavy atom. The first-order valence-electron chi connectivity index (χ1n) is 8.07. The predicted molar refractivity (Wildman–Crippen MR) is 95.3 cm³/mol. The van der Waals surface area contributed by atoms with Crippen LogP contribution in [0.25, 0.3) is 0 Å². The molecule has 8 nitrogen and oxygen atoms in total. The number of methoxy groups -OCH3 is 2. The van der Waals surface area contributed by atoms with Crippen molar-refractivity contribution in [2.75, 3.05) is 27.0 Å². The van der Waals surface area contributed by atoms with Crippen LogP contribution in [0.15, 0.2) is 28.2 Å². The van der Waals surface area contributed by atoms with Gasteiger partial charge in [0.15, 0.2) is 11.5 Å². The van der Waals surface area contributed by atoms with Crippen molar-refractivity contribution in [2.45, 2.75) is 24.7 Å². The zero-order chi connectivity index (χ0) is 18.9. The summed E-state index contributed by atoms with van der Waals surface area (Å²) in [5.74, 6) is 1.31. The molecule has 0 fully saturated rings. The van der Waals surface area contributed by atoms with E-state index in [-0.39, 0.29) is 5.16 Å². The Morgan fingerprint density at radius 1 is 1.23 bits per heavy atom. The molecule has 1 aliphatic heterocycles. The van der Waals surface area contributed by atoms with Crippen LogP contribution < -0.4 is 15.0 Å². The average molecular weight is 379 g/mol. The van der Waals surface area contributed by atoms with E-state index in [1.165, 1.54) is 0 Å². The van der Waals surface area contributed by atoms with Gasteiger partial charge in [-0.05, 0) is 17.7 Å². The SMILES string of the molecule is COc1ccc(CN2CCc3nc(S(C)(=O)=O)[nH]c(=O)c3C2)cc1OC. The average Bonchev–Trinajstić information content (AvgIpc) is 2.61. The molecule has 3 rings (SSSR count). The molecular formula is C17H21N3O5S. The maximum absolute atomic E-state index is 12.3. The van der Waals surface area contributed by atoms with Gasteiger partial charge in [-0.1, -0.05) is 6.07 Å². The fourth-order valence-corrected chi connectivity index (χ4v) is 3.56. The van der Waals surface area contributed by atoms with E-state index < -0.39 is 15.4 Å². The summed E-state index contributed by atoms with van der Waals surface area (Å²) in [6, 6.07) is 5.70. The van der Waals surface area contributed by atoms with Gasteiger partial charge in [0.05, 0.1) is 25.5 Å². The van der Waals surface area contributed by atoms with Crippen molar-refractivity contribution in [3.63, 3.8) is 0 Å². The van der Waals surface area contributed by atoms with Crippen LogP contribution in [0.5, 0.6) is 11.5 Å². The molecule has 9 heteroatoms. The van der Waals surface area contributed by atoms with Crippen molar-refractivity contribution in [1.82, 2.24) is 14.9 Å². The number of sulfone groups is 1. The minimum Gasteiger partial charge on any atom is -0.493 e. The Kier molecular flexibility index (Phi) is 5.01. The minimum absolute atomic E-state index is 0.269. The van der Waals surface area contributed by atoms with Gasteiger partial charge in [-0.3, -0.25) is 14.7 Å². The Morgan fingerprint density at radius 2 is 1.96 bits per heavy atom. The van der Waals surface area contributed by atoms with Crippen LogP contribution in [0.4, 0.5) is 0 Å². The van der Waals surface area contributed by atoms with Crippen LogP contribution in [-0.2, 0) is 29.3 Å². The molecule has 26 heavy (non-hydrogen) atoms. The van der Waals surface area contributed by atoms with Crippen molar-refractivity contribution >= 4 is 9.84 Å². The third kappa shape index (κ3) is 3.73. The molecule has 0 atom stereocenters. The maximum Gasteiger partial charge on any atom is 0.256 e. The Labute approximate surface area is 151 Å². The van der Waals surface area contributed by atoms with E-state index in [1.54, 1.807) is 14.2 Å². The lowest BCUT2D eigenvalue weighted by atomic mass is 10.1. The molecule has 0 amide bonds. The molecule has 0 radical (unpaired) electrons. The second-order valence-corrected chi connectivity index (χ2v) is 8.15. The largest absolute Gasteiger partial charge is 0.493 e. The van der Waals surface area contributed by atoms with Crippen molar-refractivity contribution in [2.24, 2.45) is 0 Å². The summed E-state index contributed by atoms with van der Waals surface area (Å²) in [6.07, 6.45) is 1.55. The number of hydrogen-bond acceptors (Lipinski definition) is 7. The molecule has 0 bridgehead atoms. The summed E-state index contributed by atoms with van der Waals surface area (Å²) >= 11 is 0. The number of hydrogen-bond donors (Lipinski definition) is 1. The first-order chi connectivity index (χ1) is 12.3. The van der Waals surface area contributed by atoms with Gasteiger partial charge >= 0.3 is 0 Å². The maximum atomic E-state index is 12.3. The van der Waals surface area contributed by atoms with E-state index in [4.69, 9.17) is 9.47 Å². The predicted octanol–water partition coefficient (Wildman–Crippen LogP) is 0.749. The van der Waals surface area contributed by atoms with Gasteiger partial charge in [-0.15, -0.1) is 0 Å². The lowest BCUT2D eigenvalue weighted by Gasteiger charge is -2.27. The van der Waals surface area contributed by atoms with Gasteiger partial charge in [0, 0.05) is 32.3 Å². The molecule has 1 aromatic carbocycles. The van der Waals surface area contributed by atoms with E-state index in [2.05, 4.69) is 14.9 Å². The van der Waals surface area contributed by atoms with Gasteiger partial charge in [0.2, 0.25) is 15.0 Å². The second-order valence-electron chi connectivity index (χ2n) is 6.22. The highest BCUT2D eigenvalue weighted by Gasteiger charge is 2.23. The van der Waals surface area contributed by atoms with Crippen LogP contribution in [0.1, 0.15) is 16.8 Å². The third-order valence-electron chi connectivity index (χ3n) is 4.33. The van der Waals surface area contributed by atoms with E-state index in [1.807, 2.05) is 18.2 Å². The lowest BCUT2D eigenvalue weighted by Crippen LogP contribution is -2.36. The molecule has 0 saturated carbocycles. The van der Waals surface area contributed by atoms with E-state index in [0.29, 0.717) is 48.8 Å². The number of fused-ring (bicyclic) bond motifs is 1. The van der Waals surface area contributed by atoms with Gasteiger partial charge < -0.3 is 9.47 Å². The summed E-state index contributed by atoms with van der Waals surface area (Å²) < 4.78 is 33.8. The monoisotopic (exact) mass is 379 g/mol. The minimum atomic E-state index is -3.54. The van der Waals surface area contributed by atoms with Crippen molar-refractivity contribution in [3.8, 4) is 11.5 Å². The van der Waals surface area contributed by atoms with Gasteiger partial charge in [0.1, 0.15) is 0 Å². The highest BCUT2D eigenvalue weighted by molar-refractivity contribution is 7.90. The summed E-state index contributed by atoms with van der Waals surface area (Å²) in [5, 5.41) is -0.269. The summed E-state index contributed by atoms with van der Waals surface area (Å²) in [7, 11) is -0.368. The van der Waals surface area contributed by atoms with Crippen LogP contribution in [-0.4, -0.2) is 50.3 Å². The standard InChI is InChI=1S/C17H21N3O5S/c1-24-14-5-4-11(8-15(14)25-2)9-20-7-6-13-12(10-20)16(21)19-17(18-13)26(3,22)23/h4-5,8H,6-7,9-10H2,1-3H3,(H,18,19,21). The second kappa shape index (κ2) is 7.08. The Hall–Kier alpha value is -2.39. The van der Waals surface area contributed by atoms with Crippen molar-refractivity contribution in [3.05, 3.63) is 45.4 Å². The highest BCUT2D eigenvalue weighted by atomic mass is 32.2. The Balaban J connectivity index is 1.82. The molecule has 0 unspecified atom stereocenters. The number of nitrogens with one attached hydrogen (secondary N) is 1. The zero-order valence-electron chi connectivity index (χ0n) is 14.9. The van der Waals surface area contributed by atoms with Crippen LogP contribution in [0, 0.1) is 0 Å². The molecule has 1 aliphatic rings.